The molecule has 8 nitrogen and oxygen atoms in total. The fourth-order valence-corrected chi connectivity index (χ4v) is 1.72. The maximum Gasteiger partial charge on any atom is 0.355 e. The average molecular weight is 266 g/mol. The lowest BCUT2D eigenvalue weighted by Gasteiger charge is -2.22. The molecule has 0 aliphatic carbocycles. The molecule has 2 aliphatic heterocycles. The van der Waals surface area contributed by atoms with Gasteiger partial charge in [0.05, 0.1) is 0 Å². The fourth-order valence-electron chi connectivity index (χ4n) is 1.72. The number of amides is 4. The number of imide groups is 2. The lowest BCUT2D eigenvalue weighted by atomic mass is 10.3. The Kier molecular flexibility index (Phi) is 3.16. The van der Waals surface area contributed by atoms with Crippen molar-refractivity contribution in [2.24, 2.45) is 0 Å². The Labute approximate surface area is 107 Å². The predicted octanol–water partition coefficient (Wildman–Crippen LogP) is -1.09. The first-order chi connectivity index (χ1) is 8.91. The molecule has 0 spiro atoms. The largest absolute Gasteiger partial charge is 0.355 e. The van der Waals surface area contributed by atoms with E-state index in [4.69, 9.17) is 0 Å². The van der Waals surface area contributed by atoms with Gasteiger partial charge in [-0.25, -0.2) is 4.79 Å². The van der Waals surface area contributed by atoms with Crippen LogP contribution in [0, 0.1) is 0 Å². The summed E-state index contributed by atoms with van der Waals surface area (Å²) >= 11 is 0. The van der Waals surface area contributed by atoms with E-state index in [0.717, 1.165) is 12.2 Å². The normalized spacial score (nSPS) is 20.5. The molecule has 2 aliphatic rings. The zero-order valence-corrected chi connectivity index (χ0v) is 9.99. The van der Waals surface area contributed by atoms with E-state index in [9.17, 15) is 24.0 Å². The first-order valence-electron chi connectivity index (χ1n) is 5.54. The minimum atomic E-state index is -1.21. The Hall–Kier alpha value is -2.51. The van der Waals surface area contributed by atoms with E-state index in [1.165, 1.54) is 6.92 Å². The molecular weight excluding hydrogens is 256 g/mol. The second-order valence-electron chi connectivity index (χ2n) is 4.05. The SMILES string of the molecule is CC(C(=O)ON1C(=O)CCC1=O)N1C(=O)C=CC1=O. The third-order valence-electron chi connectivity index (χ3n) is 2.76. The molecule has 4 amide bonds. The number of hydrogen-bond acceptors (Lipinski definition) is 6. The van der Waals surface area contributed by atoms with Crippen molar-refractivity contribution in [2.75, 3.05) is 0 Å². The maximum atomic E-state index is 11.7. The van der Waals surface area contributed by atoms with Gasteiger partial charge in [-0.3, -0.25) is 24.1 Å². The van der Waals surface area contributed by atoms with Crippen LogP contribution < -0.4 is 0 Å². The smallest absolute Gasteiger partial charge is 0.328 e. The van der Waals surface area contributed by atoms with Crippen molar-refractivity contribution >= 4 is 29.6 Å². The summed E-state index contributed by atoms with van der Waals surface area (Å²) in [6, 6.07) is -1.21. The molecule has 2 rings (SSSR count). The number of carbonyl (C=O) groups is 5. The second-order valence-corrected chi connectivity index (χ2v) is 4.05. The van der Waals surface area contributed by atoms with Gasteiger partial charge in [-0.1, -0.05) is 0 Å². The van der Waals surface area contributed by atoms with Crippen LogP contribution in [0.2, 0.25) is 0 Å². The molecular formula is C11H10N2O6. The number of hydrogen-bond donors (Lipinski definition) is 0. The van der Waals surface area contributed by atoms with Gasteiger partial charge in [0.1, 0.15) is 6.04 Å². The fraction of sp³-hybridized carbons (Fsp3) is 0.364. The predicted molar refractivity (Wildman–Crippen MR) is 57.6 cm³/mol. The Balaban J connectivity index is 2.04. The van der Waals surface area contributed by atoms with Gasteiger partial charge in [0.15, 0.2) is 0 Å². The first-order valence-corrected chi connectivity index (χ1v) is 5.54. The number of carbonyl (C=O) groups excluding carboxylic acids is 5. The van der Waals surface area contributed by atoms with Crippen LogP contribution in [0.5, 0.6) is 0 Å². The van der Waals surface area contributed by atoms with E-state index >= 15 is 0 Å². The molecule has 0 radical (unpaired) electrons. The molecule has 0 saturated carbocycles. The Bertz CT molecular complexity index is 489. The van der Waals surface area contributed by atoms with Gasteiger partial charge in [-0.05, 0) is 6.92 Å². The van der Waals surface area contributed by atoms with Gasteiger partial charge in [0, 0.05) is 25.0 Å². The van der Waals surface area contributed by atoms with E-state index in [-0.39, 0.29) is 12.8 Å². The van der Waals surface area contributed by atoms with Crippen molar-refractivity contribution in [2.45, 2.75) is 25.8 Å². The van der Waals surface area contributed by atoms with Crippen LogP contribution in [0.4, 0.5) is 0 Å². The van der Waals surface area contributed by atoms with Crippen molar-refractivity contribution in [3.63, 3.8) is 0 Å². The van der Waals surface area contributed by atoms with E-state index < -0.39 is 35.6 Å². The minimum Gasteiger partial charge on any atom is -0.328 e. The molecule has 1 saturated heterocycles. The van der Waals surface area contributed by atoms with Crippen molar-refractivity contribution in [3.8, 4) is 0 Å². The number of hydroxylamine groups is 2. The summed E-state index contributed by atoms with van der Waals surface area (Å²) in [4.78, 5) is 62.3. The zero-order chi connectivity index (χ0) is 14.2. The first kappa shape index (κ1) is 12.9. The molecule has 8 heteroatoms. The highest BCUT2D eigenvalue weighted by molar-refractivity contribution is 6.14. The summed E-state index contributed by atoms with van der Waals surface area (Å²) < 4.78 is 0. The maximum absolute atomic E-state index is 11.7. The van der Waals surface area contributed by atoms with E-state index in [2.05, 4.69) is 4.84 Å². The Morgan fingerprint density at radius 2 is 1.58 bits per heavy atom. The van der Waals surface area contributed by atoms with Gasteiger partial charge in [0.2, 0.25) is 0 Å². The van der Waals surface area contributed by atoms with Gasteiger partial charge < -0.3 is 4.84 Å². The highest BCUT2D eigenvalue weighted by Gasteiger charge is 2.38. The Morgan fingerprint density at radius 3 is 2.05 bits per heavy atom. The molecule has 0 aromatic carbocycles. The number of nitrogens with zero attached hydrogens (tertiary/aromatic N) is 2. The van der Waals surface area contributed by atoms with Crippen LogP contribution in [0.15, 0.2) is 12.2 Å². The summed E-state index contributed by atoms with van der Waals surface area (Å²) in [7, 11) is 0. The molecule has 2 heterocycles. The highest BCUT2D eigenvalue weighted by Crippen LogP contribution is 2.15. The van der Waals surface area contributed by atoms with Gasteiger partial charge in [0.25, 0.3) is 23.6 Å². The third kappa shape index (κ3) is 2.24. The molecule has 100 valence electrons. The summed E-state index contributed by atoms with van der Waals surface area (Å²) in [5, 5.41) is 0.372. The topological polar surface area (TPSA) is 101 Å². The standard InChI is InChI=1S/C11H10N2O6/c1-6(12-7(14)2-3-8(12)15)11(18)19-13-9(16)4-5-10(13)17/h2-3,6H,4-5H2,1H3. The molecule has 1 fully saturated rings. The van der Waals surface area contributed by atoms with Gasteiger partial charge >= 0.3 is 5.97 Å². The van der Waals surface area contributed by atoms with E-state index in [1.54, 1.807) is 0 Å². The third-order valence-corrected chi connectivity index (χ3v) is 2.76. The van der Waals surface area contributed by atoms with E-state index in [0.29, 0.717) is 9.96 Å². The highest BCUT2D eigenvalue weighted by atomic mass is 16.7. The summed E-state index contributed by atoms with van der Waals surface area (Å²) in [6.07, 6.45) is 2.00. The van der Waals surface area contributed by atoms with Gasteiger partial charge in [-0.2, -0.15) is 0 Å². The lowest BCUT2D eigenvalue weighted by Crippen LogP contribution is -2.46. The van der Waals surface area contributed by atoms with Crippen LogP contribution in [0.1, 0.15) is 19.8 Å². The summed E-state index contributed by atoms with van der Waals surface area (Å²) in [6.45, 7) is 1.27. The molecule has 1 atom stereocenters. The lowest BCUT2D eigenvalue weighted by molar-refractivity contribution is -0.200. The zero-order valence-electron chi connectivity index (χ0n) is 9.99. The van der Waals surface area contributed by atoms with Crippen LogP contribution in [0.3, 0.4) is 0 Å². The van der Waals surface area contributed by atoms with Crippen molar-refractivity contribution in [1.82, 2.24) is 9.96 Å². The molecule has 0 aromatic heterocycles. The molecule has 0 aromatic rings. The van der Waals surface area contributed by atoms with Crippen LogP contribution in [-0.2, 0) is 28.8 Å². The summed E-state index contributed by atoms with van der Waals surface area (Å²) in [5.74, 6) is -3.55. The Morgan fingerprint density at radius 1 is 1.11 bits per heavy atom. The van der Waals surface area contributed by atoms with E-state index in [1.807, 2.05) is 0 Å². The second kappa shape index (κ2) is 4.63. The van der Waals surface area contributed by atoms with Crippen LogP contribution >= 0.6 is 0 Å². The quantitative estimate of drug-likeness (QED) is 0.601. The van der Waals surface area contributed by atoms with Crippen molar-refractivity contribution in [3.05, 3.63) is 12.2 Å². The minimum absolute atomic E-state index is 0.0242. The molecule has 19 heavy (non-hydrogen) atoms. The van der Waals surface area contributed by atoms with Crippen LogP contribution in [0.25, 0.3) is 0 Å². The molecule has 1 unspecified atom stereocenters. The van der Waals surface area contributed by atoms with Crippen LogP contribution in [-0.4, -0.2) is 45.6 Å². The number of rotatable bonds is 3. The molecule has 0 bridgehead atoms. The summed E-state index contributed by atoms with van der Waals surface area (Å²) in [5.41, 5.74) is 0. The molecule has 0 N–H and O–H groups in total. The van der Waals surface area contributed by atoms with Gasteiger partial charge in [-0.15, -0.1) is 5.06 Å². The van der Waals surface area contributed by atoms with Crippen molar-refractivity contribution in [1.29, 1.82) is 0 Å². The average Bonchev–Trinajstić information content (AvgIpc) is 2.85. The monoisotopic (exact) mass is 266 g/mol. The van der Waals surface area contributed by atoms with Crippen molar-refractivity contribution < 1.29 is 28.8 Å².